The number of nitrogen functional groups attached to an aromatic ring is 1. The molecule has 4 nitrogen and oxygen atoms in total. The number of hydrogen-bond donors (Lipinski definition) is 2. The maximum Gasteiger partial charge on any atom is 0.152 e. The van der Waals surface area contributed by atoms with Gasteiger partial charge >= 0.3 is 0 Å². The van der Waals surface area contributed by atoms with Crippen LogP contribution in [0.2, 0.25) is 0 Å². The first-order chi connectivity index (χ1) is 5.86. The molecule has 1 heterocycles. The Labute approximate surface area is 71.2 Å². The van der Waals surface area contributed by atoms with E-state index in [1.54, 1.807) is 6.20 Å². The minimum absolute atomic E-state index is 0.623. The minimum Gasteiger partial charge on any atom is -0.394 e. The fraction of sp³-hybridized carbons (Fsp3) is 0.500. The minimum atomic E-state index is 0.623. The van der Waals surface area contributed by atoms with Gasteiger partial charge in [0.25, 0.3) is 0 Å². The van der Waals surface area contributed by atoms with E-state index in [1.165, 1.54) is 19.2 Å². The first-order valence-electron chi connectivity index (χ1n) is 4.15. The van der Waals surface area contributed by atoms with Gasteiger partial charge < -0.3 is 11.1 Å². The summed E-state index contributed by atoms with van der Waals surface area (Å²) in [6.45, 7) is 0.987. The summed E-state index contributed by atoms with van der Waals surface area (Å²) in [6, 6.07) is 0. The van der Waals surface area contributed by atoms with Crippen LogP contribution in [0.4, 0.5) is 11.5 Å². The van der Waals surface area contributed by atoms with Gasteiger partial charge in [-0.3, -0.25) is 0 Å². The van der Waals surface area contributed by atoms with E-state index in [-0.39, 0.29) is 0 Å². The second-order valence-electron chi connectivity index (χ2n) is 3.15. The largest absolute Gasteiger partial charge is 0.394 e. The van der Waals surface area contributed by atoms with E-state index < -0.39 is 0 Å². The molecular formula is C8H12N4. The summed E-state index contributed by atoms with van der Waals surface area (Å²) in [6.07, 6.45) is 5.78. The first-order valence-corrected chi connectivity index (χ1v) is 4.15. The van der Waals surface area contributed by atoms with Crippen molar-refractivity contribution in [3.05, 3.63) is 12.5 Å². The first kappa shape index (κ1) is 7.34. The molecule has 1 aliphatic rings. The van der Waals surface area contributed by atoms with Crippen molar-refractivity contribution in [3.8, 4) is 0 Å². The lowest BCUT2D eigenvalue weighted by Crippen LogP contribution is -2.07. The van der Waals surface area contributed by atoms with Crippen LogP contribution in [0.1, 0.15) is 12.8 Å². The molecule has 64 valence electrons. The Bertz CT molecular complexity index is 270. The van der Waals surface area contributed by atoms with Crippen LogP contribution in [-0.4, -0.2) is 16.5 Å². The summed E-state index contributed by atoms with van der Waals surface area (Å²) >= 11 is 0. The number of nitrogens with zero attached hydrogens (tertiary/aromatic N) is 2. The van der Waals surface area contributed by atoms with Crippen LogP contribution >= 0.6 is 0 Å². The molecular weight excluding hydrogens is 152 g/mol. The average molecular weight is 164 g/mol. The van der Waals surface area contributed by atoms with Crippen molar-refractivity contribution in [1.82, 2.24) is 9.97 Å². The zero-order valence-corrected chi connectivity index (χ0v) is 6.83. The van der Waals surface area contributed by atoms with E-state index in [9.17, 15) is 0 Å². The van der Waals surface area contributed by atoms with Gasteiger partial charge in [-0.2, -0.15) is 0 Å². The lowest BCUT2D eigenvalue weighted by molar-refractivity contribution is 0.882. The maximum absolute atomic E-state index is 5.64. The molecule has 1 aliphatic carbocycles. The van der Waals surface area contributed by atoms with Gasteiger partial charge in [0.1, 0.15) is 6.33 Å². The lowest BCUT2D eigenvalue weighted by atomic mass is 10.4. The second kappa shape index (κ2) is 2.97. The standard InChI is InChI=1S/C8H12N4/c9-7-4-10-5-12-8(7)11-3-6-1-2-6/h4-6H,1-3,9H2,(H,10,11,12). The molecule has 0 spiro atoms. The van der Waals surface area contributed by atoms with Gasteiger partial charge in [-0.1, -0.05) is 0 Å². The van der Waals surface area contributed by atoms with Gasteiger partial charge in [0, 0.05) is 6.54 Å². The van der Waals surface area contributed by atoms with Gasteiger partial charge in [-0.05, 0) is 18.8 Å². The fourth-order valence-corrected chi connectivity index (χ4v) is 1.05. The van der Waals surface area contributed by atoms with Gasteiger partial charge in [0.05, 0.1) is 11.9 Å². The molecule has 1 saturated carbocycles. The molecule has 0 amide bonds. The van der Waals surface area contributed by atoms with Crippen LogP contribution in [0.15, 0.2) is 12.5 Å². The Morgan fingerprint density at radius 2 is 2.42 bits per heavy atom. The third kappa shape index (κ3) is 1.64. The molecule has 1 fully saturated rings. The van der Waals surface area contributed by atoms with Gasteiger partial charge in [-0.25, -0.2) is 9.97 Å². The number of anilines is 2. The van der Waals surface area contributed by atoms with E-state index >= 15 is 0 Å². The smallest absolute Gasteiger partial charge is 0.152 e. The molecule has 1 aromatic heterocycles. The highest BCUT2D eigenvalue weighted by Gasteiger charge is 2.20. The highest BCUT2D eigenvalue weighted by molar-refractivity contribution is 5.58. The van der Waals surface area contributed by atoms with Crippen LogP contribution in [0.5, 0.6) is 0 Å². The SMILES string of the molecule is Nc1cncnc1NCC1CC1. The second-order valence-corrected chi connectivity index (χ2v) is 3.15. The molecule has 12 heavy (non-hydrogen) atoms. The van der Waals surface area contributed by atoms with E-state index in [2.05, 4.69) is 15.3 Å². The van der Waals surface area contributed by atoms with Crippen molar-refractivity contribution in [2.75, 3.05) is 17.6 Å². The van der Waals surface area contributed by atoms with Crippen LogP contribution in [0.25, 0.3) is 0 Å². The summed E-state index contributed by atoms with van der Waals surface area (Å²) in [5, 5.41) is 3.20. The van der Waals surface area contributed by atoms with Gasteiger partial charge in [-0.15, -0.1) is 0 Å². The van der Waals surface area contributed by atoms with Gasteiger partial charge in [0.15, 0.2) is 5.82 Å². The molecule has 0 bridgehead atoms. The molecule has 2 rings (SSSR count). The summed E-state index contributed by atoms with van der Waals surface area (Å²) < 4.78 is 0. The lowest BCUT2D eigenvalue weighted by Gasteiger charge is -2.05. The third-order valence-electron chi connectivity index (χ3n) is 2.00. The molecule has 0 saturated heterocycles. The van der Waals surface area contributed by atoms with Crippen LogP contribution in [-0.2, 0) is 0 Å². The molecule has 0 unspecified atom stereocenters. The van der Waals surface area contributed by atoms with Crippen molar-refractivity contribution in [3.63, 3.8) is 0 Å². The summed E-state index contributed by atoms with van der Waals surface area (Å²) in [7, 11) is 0. The molecule has 1 aromatic rings. The van der Waals surface area contributed by atoms with Crippen molar-refractivity contribution < 1.29 is 0 Å². The van der Waals surface area contributed by atoms with E-state index in [0.717, 1.165) is 18.3 Å². The third-order valence-corrected chi connectivity index (χ3v) is 2.00. The number of nitrogens with one attached hydrogen (secondary N) is 1. The summed E-state index contributed by atoms with van der Waals surface area (Å²) in [5.74, 6) is 1.59. The van der Waals surface area contributed by atoms with Crippen molar-refractivity contribution in [1.29, 1.82) is 0 Å². The molecule has 3 N–H and O–H groups in total. The number of hydrogen-bond acceptors (Lipinski definition) is 4. The predicted molar refractivity (Wildman–Crippen MR) is 47.7 cm³/mol. The molecule has 0 radical (unpaired) electrons. The van der Waals surface area contributed by atoms with Crippen LogP contribution in [0.3, 0.4) is 0 Å². The highest BCUT2D eigenvalue weighted by atomic mass is 15.0. The van der Waals surface area contributed by atoms with Crippen LogP contribution < -0.4 is 11.1 Å². The Kier molecular flexibility index (Phi) is 1.81. The Morgan fingerprint density at radius 1 is 1.58 bits per heavy atom. The molecule has 0 atom stereocenters. The molecule has 0 aromatic carbocycles. The highest BCUT2D eigenvalue weighted by Crippen LogP contribution is 2.29. The summed E-state index contributed by atoms with van der Waals surface area (Å²) in [4.78, 5) is 7.84. The molecule has 0 aliphatic heterocycles. The zero-order valence-electron chi connectivity index (χ0n) is 6.83. The van der Waals surface area contributed by atoms with Gasteiger partial charge in [0.2, 0.25) is 0 Å². The number of rotatable bonds is 3. The van der Waals surface area contributed by atoms with Crippen molar-refractivity contribution >= 4 is 11.5 Å². The average Bonchev–Trinajstić information content (AvgIpc) is 2.86. The summed E-state index contributed by atoms with van der Waals surface area (Å²) in [5.41, 5.74) is 6.26. The predicted octanol–water partition coefficient (Wildman–Crippen LogP) is 0.881. The molecule has 4 heteroatoms. The van der Waals surface area contributed by atoms with E-state index in [0.29, 0.717) is 5.69 Å². The number of nitrogens with two attached hydrogens (primary N) is 1. The van der Waals surface area contributed by atoms with Crippen molar-refractivity contribution in [2.24, 2.45) is 5.92 Å². The zero-order chi connectivity index (χ0) is 8.39. The van der Waals surface area contributed by atoms with Crippen LogP contribution in [0, 0.1) is 5.92 Å². The maximum atomic E-state index is 5.64. The van der Waals surface area contributed by atoms with E-state index in [4.69, 9.17) is 5.73 Å². The monoisotopic (exact) mass is 164 g/mol. The quantitative estimate of drug-likeness (QED) is 0.696. The fourth-order valence-electron chi connectivity index (χ4n) is 1.05. The van der Waals surface area contributed by atoms with E-state index in [1.807, 2.05) is 0 Å². The normalized spacial score (nSPS) is 16.0. The Morgan fingerprint density at radius 3 is 3.08 bits per heavy atom. The van der Waals surface area contributed by atoms with Crippen molar-refractivity contribution in [2.45, 2.75) is 12.8 Å². The topological polar surface area (TPSA) is 63.8 Å². The number of aromatic nitrogens is 2. The Hall–Kier alpha value is -1.32. The Balaban J connectivity index is 1.96.